The quantitative estimate of drug-likeness (QED) is 0.173. The van der Waals surface area contributed by atoms with E-state index in [1.54, 1.807) is 0 Å². The fourth-order valence-corrected chi connectivity index (χ4v) is 10.6. The fourth-order valence-electron chi connectivity index (χ4n) is 10.6. The van der Waals surface area contributed by atoms with Crippen LogP contribution in [0.5, 0.6) is 0 Å². The molecule has 2 nitrogen and oxygen atoms in total. The first-order valence-electron chi connectivity index (χ1n) is 20.9. The molecule has 0 radical (unpaired) electrons. The predicted octanol–water partition coefficient (Wildman–Crippen LogP) is 15.4. The number of fused-ring (bicyclic) bond motifs is 12. The van der Waals surface area contributed by atoms with E-state index >= 15 is 0 Å². The highest BCUT2D eigenvalue weighted by molar-refractivity contribution is 6.06. The monoisotopic (exact) mass is 767 g/mol. The zero-order chi connectivity index (χ0) is 40.0. The Morgan fingerprint density at radius 3 is 1.50 bits per heavy atom. The summed E-state index contributed by atoms with van der Waals surface area (Å²) in [5.41, 5.74) is 20.0. The molecule has 2 aliphatic carbocycles. The van der Waals surface area contributed by atoms with Crippen LogP contribution in [-0.4, -0.2) is 0 Å². The van der Waals surface area contributed by atoms with E-state index < -0.39 is 5.41 Å². The van der Waals surface area contributed by atoms with Gasteiger partial charge >= 0.3 is 0 Å². The molecule has 60 heavy (non-hydrogen) atoms. The topological polar surface area (TPSA) is 16.4 Å². The number of hydrogen-bond acceptors (Lipinski definition) is 2. The van der Waals surface area contributed by atoms with Gasteiger partial charge in [-0.25, -0.2) is 0 Å². The van der Waals surface area contributed by atoms with Crippen LogP contribution in [0.15, 0.2) is 217 Å². The molecule has 0 N–H and O–H groups in total. The van der Waals surface area contributed by atoms with Crippen LogP contribution in [-0.2, 0) is 10.8 Å². The Balaban J connectivity index is 1.02. The van der Waals surface area contributed by atoms with Crippen molar-refractivity contribution < 1.29 is 4.42 Å². The van der Waals surface area contributed by atoms with Crippen molar-refractivity contribution in [1.29, 1.82) is 0 Å². The summed E-state index contributed by atoms with van der Waals surface area (Å²) in [5, 5.41) is 2.28. The lowest BCUT2D eigenvalue weighted by Crippen LogP contribution is -2.40. The standard InChI is InChI=1S/C58H41NO/c1-57(2)51-19-9-11-21-53(51)58(54-22-12-10-20-52(54)57)49-18-8-6-16-45(49)48-37-44(33-35-50(48)58)59(42-29-24-39(25-30-42)38-14-4-3-5-15-38)43-31-26-40(27-32-43)41-28-34-47-46-17-7-13-23-55(46)60-56(47)36-41/h3-37H,1-2H3. The van der Waals surface area contributed by atoms with Gasteiger partial charge in [0.15, 0.2) is 0 Å². The van der Waals surface area contributed by atoms with E-state index in [4.69, 9.17) is 4.42 Å². The smallest absolute Gasteiger partial charge is 0.136 e. The number of anilines is 3. The molecule has 12 rings (SSSR count). The lowest BCUT2D eigenvalue weighted by Gasteiger charge is -2.46. The maximum atomic E-state index is 6.28. The van der Waals surface area contributed by atoms with Crippen LogP contribution in [0.3, 0.4) is 0 Å². The van der Waals surface area contributed by atoms with Gasteiger partial charge in [0, 0.05) is 33.2 Å². The zero-order valence-corrected chi connectivity index (χ0v) is 33.6. The Morgan fingerprint density at radius 1 is 0.333 bits per heavy atom. The number of nitrogens with zero attached hydrogens (tertiary/aromatic N) is 1. The molecule has 9 aromatic carbocycles. The van der Waals surface area contributed by atoms with Gasteiger partial charge in [0.05, 0.1) is 5.41 Å². The summed E-state index contributed by atoms with van der Waals surface area (Å²) in [7, 11) is 0. The second-order valence-electron chi connectivity index (χ2n) is 16.8. The van der Waals surface area contributed by atoms with Crippen molar-refractivity contribution in [3.05, 3.63) is 246 Å². The van der Waals surface area contributed by atoms with Gasteiger partial charge in [-0.2, -0.15) is 0 Å². The largest absolute Gasteiger partial charge is 0.456 e. The number of para-hydroxylation sites is 1. The summed E-state index contributed by atoms with van der Waals surface area (Å²) >= 11 is 0. The first-order chi connectivity index (χ1) is 29.5. The molecular formula is C58H41NO. The summed E-state index contributed by atoms with van der Waals surface area (Å²) < 4.78 is 6.28. The van der Waals surface area contributed by atoms with Crippen LogP contribution in [0.1, 0.15) is 47.2 Å². The predicted molar refractivity (Wildman–Crippen MR) is 249 cm³/mol. The molecule has 0 unspecified atom stereocenters. The molecular weight excluding hydrogens is 727 g/mol. The van der Waals surface area contributed by atoms with Gasteiger partial charge in [-0.15, -0.1) is 0 Å². The third kappa shape index (κ3) is 4.94. The van der Waals surface area contributed by atoms with E-state index in [1.165, 1.54) is 55.6 Å². The molecule has 0 atom stereocenters. The van der Waals surface area contributed by atoms with Crippen molar-refractivity contribution in [3.8, 4) is 33.4 Å². The van der Waals surface area contributed by atoms with E-state index in [2.05, 4.69) is 219 Å². The molecule has 0 aliphatic heterocycles. The Bertz CT molecular complexity index is 3230. The Labute approximate surface area is 350 Å². The lowest BCUT2D eigenvalue weighted by molar-refractivity contribution is 0.563. The van der Waals surface area contributed by atoms with Crippen molar-refractivity contribution in [2.75, 3.05) is 4.90 Å². The molecule has 284 valence electrons. The van der Waals surface area contributed by atoms with Crippen LogP contribution >= 0.6 is 0 Å². The second-order valence-corrected chi connectivity index (χ2v) is 16.8. The van der Waals surface area contributed by atoms with Crippen molar-refractivity contribution in [2.24, 2.45) is 0 Å². The van der Waals surface area contributed by atoms with E-state index in [0.717, 1.165) is 50.1 Å². The van der Waals surface area contributed by atoms with Crippen LogP contribution in [0.2, 0.25) is 0 Å². The molecule has 1 spiro atoms. The van der Waals surface area contributed by atoms with Crippen molar-refractivity contribution in [1.82, 2.24) is 0 Å². The molecule has 0 bridgehead atoms. The minimum absolute atomic E-state index is 0.136. The van der Waals surface area contributed by atoms with E-state index in [0.29, 0.717) is 0 Å². The van der Waals surface area contributed by atoms with Crippen molar-refractivity contribution in [2.45, 2.75) is 24.7 Å². The molecule has 2 aliphatic rings. The highest BCUT2D eigenvalue weighted by Crippen LogP contribution is 2.62. The first-order valence-corrected chi connectivity index (χ1v) is 20.9. The van der Waals surface area contributed by atoms with Gasteiger partial charge in [-0.1, -0.05) is 172 Å². The van der Waals surface area contributed by atoms with Gasteiger partial charge in [-0.05, 0) is 121 Å². The summed E-state index contributed by atoms with van der Waals surface area (Å²) in [6.07, 6.45) is 0. The number of rotatable bonds is 5. The van der Waals surface area contributed by atoms with Crippen LogP contribution in [0.25, 0.3) is 55.3 Å². The maximum Gasteiger partial charge on any atom is 0.136 e. The van der Waals surface area contributed by atoms with Gasteiger partial charge in [0.2, 0.25) is 0 Å². The molecule has 1 aromatic heterocycles. The summed E-state index contributed by atoms with van der Waals surface area (Å²) in [4.78, 5) is 2.40. The molecule has 2 heteroatoms. The van der Waals surface area contributed by atoms with Gasteiger partial charge in [-0.3, -0.25) is 0 Å². The molecule has 1 heterocycles. The third-order valence-corrected chi connectivity index (χ3v) is 13.4. The Morgan fingerprint density at radius 2 is 0.817 bits per heavy atom. The Kier molecular flexibility index (Phi) is 7.52. The van der Waals surface area contributed by atoms with Crippen LogP contribution < -0.4 is 4.90 Å². The highest BCUT2D eigenvalue weighted by Gasteiger charge is 2.53. The normalized spacial score (nSPS) is 14.1. The average molecular weight is 768 g/mol. The average Bonchev–Trinajstić information content (AvgIpc) is 3.83. The lowest BCUT2D eigenvalue weighted by atomic mass is 9.55. The van der Waals surface area contributed by atoms with E-state index in [9.17, 15) is 0 Å². The number of benzene rings is 9. The Hall–Kier alpha value is -7.42. The molecule has 0 fully saturated rings. The van der Waals surface area contributed by atoms with Gasteiger partial charge < -0.3 is 9.32 Å². The van der Waals surface area contributed by atoms with Gasteiger partial charge in [0.25, 0.3) is 0 Å². The first kappa shape index (κ1) is 34.6. The fraction of sp³-hybridized carbons (Fsp3) is 0.0690. The summed E-state index contributed by atoms with van der Waals surface area (Å²) in [6, 6.07) is 78.0. The van der Waals surface area contributed by atoms with Crippen LogP contribution in [0.4, 0.5) is 17.1 Å². The highest BCUT2D eigenvalue weighted by atomic mass is 16.3. The number of hydrogen-bond donors (Lipinski definition) is 0. The summed E-state index contributed by atoms with van der Waals surface area (Å²) in [5.74, 6) is 0. The molecule has 10 aromatic rings. The van der Waals surface area contributed by atoms with E-state index in [-0.39, 0.29) is 5.41 Å². The minimum atomic E-state index is -0.433. The van der Waals surface area contributed by atoms with Crippen molar-refractivity contribution >= 4 is 39.0 Å². The van der Waals surface area contributed by atoms with Crippen molar-refractivity contribution in [3.63, 3.8) is 0 Å². The van der Waals surface area contributed by atoms with E-state index in [1.807, 2.05) is 12.1 Å². The van der Waals surface area contributed by atoms with Gasteiger partial charge in [0.1, 0.15) is 11.2 Å². The molecule has 0 saturated heterocycles. The third-order valence-electron chi connectivity index (χ3n) is 13.4. The molecule has 0 amide bonds. The molecule has 0 saturated carbocycles. The zero-order valence-electron chi connectivity index (χ0n) is 33.6. The number of furan rings is 1. The minimum Gasteiger partial charge on any atom is -0.456 e. The summed E-state index contributed by atoms with van der Waals surface area (Å²) in [6.45, 7) is 4.76. The second kappa shape index (κ2) is 13.0. The SMILES string of the molecule is CC1(C)c2ccccc2C2(c3ccccc3-c3cc(N(c4ccc(-c5ccccc5)cc4)c4ccc(-c5ccc6c(c5)oc5ccccc56)cc4)ccc32)c2ccccc21. The maximum absolute atomic E-state index is 6.28. The van der Waals surface area contributed by atoms with Crippen LogP contribution in [0, 0.1) is 0 Å².